The van der Waals surface area contributed by atoms with Crippen LogP contribution in [0.4, 0.5) is 18.9 Å². The van der Waals surface area contributed by atoms with E-state index >= 15 is 0 Å². The third kappa shape index (κ3) is 4.60. The Hall–Kier alpha value is -2.45. The molecule has 98 valence electrons. The van der Waals surface area contributed by atoms with Crippen LogP contribution in [0.5, 0.6) is 5.75 Å². The number of guanidine groups is 2. The van der Waals surface area contributed by atoms with Crippen LogP contribution in [0.2, 0.25) is 0 Å². The second kappa shape index (κ2) is 5.25. The molecule has 0 aliphatic heterocycles. The van der Waals surface area contributed by atoms with Gasteiger partial charge in [-0.25, -0.2) is 4.99 Å². The minimum Gasteiger partial charge on any atom is -0.403 e. The molecule has 0 aromatic heterocycles. The monoisotopic (exact) mass is 261 g/mol. The van der Waals surface area contributed by atoms with E-state index in [2.05, 4.69) is 14.7 Å². The number of aliphatic imine (C=N–C) groups is 2. The predicted molar refractivity (Wildman–Crippen MR) is 60.2 cm³/mol. The Balaban J connectivity index is 3.06. The normalized spacial score (nSPS) is 12.1. The fourth-order valence-corrected chi connectivity index (χ4v) is 1.04. The summed E-state index contributed by atoms with van der Waals surface area (Å²) in [4.78, 5) is 6.98. The number of benzene rings is 1. The summed E-state index contributed by atoms with van der Waals surface area (Å²) < 4.78 is 40.1. The van der Waals surface area contributed by atoms with Crippen LogP contribution >= 0.6 is 0 Å². The van der Waals surface area contributed by atoms with Gasteiger partial charge in [0.05, 0.1) is 0 Å². The lowest BCUT2D eigenvalue weighted by Crippen LogP contribution is -2.26. The maximum absolute atomic E-state index is 12.1. The number of rotatable bonds is 2. The van der Waals surface area contributed by atoms with E-state index < -0.39 is 12.1 Å². The van der Waals surface area contributed by atoms with Crippen molar-refractivity contribution < 1.29 is 17.9 Å². The van der Waals surface area contributed by atoms with Crippen molar-refractivity contribution in [2.24, 2.45) is 27.2 Å². The van der Waals surface area contributed by atoms with E-state index in [1.54, 1.807) is 0 Å². The zero-order chi connectivity index (χ0) is 13.8. The highest BCUT2D eigenvalue weighted by Crippen LogP contribution is 2.31. The maximum Gasteiger partial charge on any atom is 0.573 e. The molecule has 18 heavy (non-hydrogen) atoms. The Kier molecular flexibility index (Phi) is 3.97. The predicted octanol–water partition coefficient (Wildman–Crippen LogP) is 0.805. The van der Waals surface area contributed by atoms with Gasteiger partial charge in [0.15, 0.2) is 11.7 Å². The van der Waals surface area contributed by atoms with Crippen LogP contribution in [0, 0.1) is 0 Å². The molecular formula is C9H10F3N5O. The number of hydrogen-bond donors (Lipinski definition) is 3. The zero-order valence-electron chi connectivity index (χ0n) is 8.98. The highest BCUT2D eigenvalue weighted by atomic mass is 19.4. The van der Waals surface area contributed by atoms with Gasteiger partial charge >= 0.3 is 6.36 Å². The molecule has 0 spiro atoms. The van der Waals surface area contributed by atoms with Crippen molar-refractivity contribution in [3.63, 3.8) is 0 Å². The molecule has 0 saturated carbocycles. The molecule has 6 N–H and O–H groups in total. The number of para-hydroxylation sites is 2. The molecule has 0 amide bonds. The van der Waals surface area contributed by atoms with E-state index in [1.807, 2.05) is 0 Å². The summed E-state index contributed by atoms with van der Waals surface area (Å²) in [6.45, 7) is 0. The number of halogens is 3. The van der Waals surface area contributed by atoms with Crippen LogP contribution in [-0.2, 0) is 0 Å². The molecule has 1 aromatic carbocycles. The van der Waals surface area contributed by atoms with Gasteiger partial charge in [0, 0.05) is 0 Å². The lowest BCUT2D eigenvalue weighted by Gasteiger charge is -2.10. The van der Waals surface area contributed by atoms with Gasteiger partial charge in [-0.05, 0) is 12.1 Å². The van der Waals surface area contributed by atoms with E-state index in [0.717, 1.165) is 6.07 Å². The van der Waals surface area contributed by atoms with Crippen molar-refractivity contribution in [1.29, 1.82) is 0 Å². The summed E-state index contributed by atoms with van der Waals surface area (Å²) in [5.74, 6) is -1.24. The molecule has 1 aromatic rings. The zero-order valence-corrected chi connectivity index (χ0v) is 8.98. The summed E-state index contributed by atoms with van der Waals surface area (Å²) in [6.07, 6.45) is -4.82. The van der Waals surface area contributed by atoms with Crippen molar-refractivity contribution in [1.82, 2.24) is 0 Å². The first-order chi connectivity index (χ1) is 8.28. The van der Waals surface area contributed by atoms with E-state index in [4.69, 9.17) is 17.2 Å². The molecule has 0 radical (unpaired) electrons. The lowest BCUT2D eigenvalue weighted by molar-refractivity contribution is -0.274. The minimum atomic E-state index is -4.82. The molecule has 0 heterocycles. The Bertz CT molecular complexity index is 479. The van der Waals surface area contributed by atoms with Crippen LogP contribution < -0.4 is 21.9 Å². The van der Waals surface area contributed by atoms with Gasteiger partial charge in [-0.2, -0.15) is 4.99 Å². The van der Waals surface area contributed by atoms with Crippen LogP contribution in [0.15, 0.2) is 34.3 Å². The summed E-state index contributed by atoms with van der Waals surface area (Å²) in [7, 11) is 0. The minimum absolute atomic E-state index is 0.141. The smallest absolute Gasteiger partial charge is 0.403 e. The van der Waals surface area contributed by atoms with Gasteiger partial charge in [0.1, 0.15) is 5.69 Å². The first-order valence-electron chi connectivity index (χ1n) is 4.56. The SMILES string of the molecule is NC(N)=NC(N)=Nc1ccccc1OC(F)(F)F. The van der Waals surface area contributed by atoms with E-state index in [0.29, 0.717) is 0 Å². The van der Waals surface area contributed by atoms with Crippen LogP contribution in [0.1, 0.15) is 0 Å². The van der Waals surface area contributed by atoms with Crippen molar-refractivity contribution in [3.8, 4) is 5.75 Å². The van der Waals surface area contributed by atoms with Crippen molar-refractivity contribution >= 4 is 17.6 Å². The van der Waals surface area contributed by atoms with Gasteiger partial charge in [0.25, 0.3) is 0 Å². The van der Waals surface area contributed by atoms with Gasteiger partial charge in [-0.3, -0.25) is 0 Å². The summed E-state index contributed by atoms with van der Waals surface area (Å²) >= 11 is 0. The second-order valence-electron chi connectivity index (χ2n) is 3.02. The highest BCUT2D eigenvalue weighted by Gasteiger charge is 2.32. The highest BCUT2D eigenvalue weighted by molar-refractivity contribution is 5.93. The maximum atomic E-state index is 12.1. The number of ether oxygens (including phenoxy) is 1. The molecule has 1 rings (SSSR count). The van der Waals surface area contributed by atoms with Crippen LogP contribution in [-0.4, -0.2) is 18.3 Å². The average molecular weight is 261 g/mol. The fraction of sp³-hybridized carbons (Fsp3) is 0.111. The second-order valence-corrected chi connectivity index (χ2v) is 3.02. The van der Waals surface area contributed by atoms with E-state index in [1.165, 1.54) is 18.2 Å². The Morgan fingerprint density at radius 3 is 2.28 bits per heavy atom. The van der Waals surface area contributed by atoms with Crippen molar-refractivity contribution in [3.05, 3.63) is 24.3 Å². The topological polar surface area (TPSA) is 112 Å². The third-order valence-corrected chi connectivity index (χ3v) is 1.57. The molecule has 9 heteroatoms. The number of nitrogens with zero attached hydrogens (tertiary/aromatic N) is 2. The van der Waals surface area contributed by atoms with Gasteiger partial charge in [-0.15, -0.1) is 13.2 Å². The Morgan fingerprint density at radius 1 is 1.11 bits per heavy atom. The van der Waals surface area contributed by atoms with E-state index in [9.17, 15) is 13.2 Å². The average Bonchev–Trinajstić information content (AvgIpc) is 2.17. The third-order valence-electron chi connectivity index (χ3n) is 1.57. The molecule has 6 nitrogen and oxygen atoms in total. The Labute approximate surface area is 99.9 Å². The molecule has 0 saturated heterocycles. The molecule has 0 unspecified atom stereocenters. The molecular weight excluding hydrogens is 251 g/mol. The standard InChI is InChI=1S/C9H10F3N5O/c10-9(11,12)18-6-4-2-1-3-5(6)16-8(15)17-7(13)14/h1-4H,(H6,13,14,15,16,17). The Morgan fingerprint density at radius 2 is 1.72 bits per heavy atom. The lowest BCUT2D eigenvalue weighted by atomic mass is 10.3. The van der Waals surface area contributed by atoms with Crippen LogP contribution in [0.3, 0.4) is 0 Å². The first kappa shape index (κ1) is 13.6. The molecule has 0 aliphatic carbocycles. The van der Waals surface area contributed by atoms with Gasteiger partial charge in [0.2, 0.25) is 5.96 Å². The largest absolute Gasteiger partial charge is 0.573 e. The summed E-state index contributed by atoms with van der Waals surface area (Å²) in [5, 5.41) is 0. The number of hydrogen-bond acceptors (Lipinski definition) is 2. The summed E-state index contributed by atoms with van der Waals surface area (Å²) in [5.41, 5.74) is 15.2. The van der Waals surface area contributed by atoms with Gasteiger partial charge < -0.3 is 21.9 Å². The quantitative estimate of drug-likeness (QED) is 0.540. The van der Waals surface area contributed by atoms with Crippen LogP contribution in [0.25, 0.3) is 0 Å². The molecule has 0 fully saturated rings. The molecule has 0 bridgehead atoms. The van der Waals surface area contributed by atoms with E-state index in [-0.39, 0.29) is 17.6 Å². The number of nitrogens with two attached hydrogens (primary N) is 3. The van der Waals surface area contributed by atoms with Crippen molar-refractivity contribution in [2.75, 3.05) is 0 Å². The van der Waals surface area contributed by atoms with Gasteiger partial charge in [-0.1, -0.05) is 12.1 Å². The van der Waals surface area contributed by atoms with Crippen molar-refractivity contribution in [2.45, 2.75) is 6.36 Å². The first-order valence-corrected chi connectivity index (χ1v) is 4.56. The number of alkyl halides is 3. The molecule has 0 atom stereocenters. The fourth-order valence-electron chi connectivity index (χ4n) is 1.04. The molecule has 0 aliphatic rings. The summed E-state index contributed by atoms with van der Waals surface area (Å²) in [6, 6.07) is 5.19.